The summed E-state index contributed by atoms with van der Waals surface area (Å²) >= 11 is 0. The summed E-state index contributed by atoms with van der Waals surface area (Å²) < 4.78 is 10.7. The van der Waals surface area contributed by atoms with Crippen LogP contribution in [0.25, 0.3) is 0 Å². The van der Waals surface area contributed by atoms with E-state index in [2.05, 4.69) is 5.32 Å². The highest BCUT2D eigenvalue weighted by atomic mass is 16.7. The van der Waals surface area contributed by atoms with Gasteiger partial charge < -0.3 is 20.5 Å². The molecule has 5 heteroatoms. The number of para-hydroxylation sites is 1. The fraction of sp³-hybridized carbons (Fsp3) is 0.462. The van der Waals surface area contributed by atoms with Gasteiger partial charge in [0.05, 0.1) is 5.41 Å². The normalized spacial score (nSPS) is 13.5. The zero-order valence-corrected chi connectivity index (χ0v) is 10.7. The number of hydrogen-bond acceptors (Lipinski definition) is 4. The van der Waals surface area contributed by atoms with Crippen LogP contribution >= 0.6 is 0 Å². The van der Waals surface area contributed by atoms with Crippen molar-refractivity contribution in [3.8, 4) is 11.5 Å². The summed E-state index contributed by atoms with van der Waals surface area (Å²) in [5.41, 5.74) is 5.91. The number of nitrogens with two attached hydrogens (primary N) is 1. The fourth-order valence-electron chi connectivity index (χ4n) is 1.64. The van der Waals surface area contributed by atoms with Crippen molar-refractivity contribution >= 4 is 5.91 Å². The molecular formula is C13H18N2O3. The molecule has 0 aromatic heterocycles. The highest BCUT2D eigenvalue weighted by Crippen LogP contribution is 2.35. The van der Waals surface area contributed by atoms with Crippen LogP contribution in [0.4, 0.5) is 0 Å². The summed E-state index contributed by atoms with van der Waals surface area (Å²) in [5.74, 6) is 1.37. The van der Waals surface area contributed by atoms with Crippen molar-refractivity contribution in [1.82, 2.24) is 5.32 Å². The molecule has 0 saturated carbocycles. The first-order valence-corrected chi connectivity index (χ1v) is 5.90. The Balaban J connectivity index is 2.04. The Labute approximate surface area is 106 Å². The molecule has 0 aliphatic carbocycles. The first kappa shape index (κ1) is 12.7. The molecule has 1 aliphatic rings. The molecule has 0 saturated heterocycles. The predicted molar refractivity (Wildman–Crippen MR) is 67.2 cm³/mol. The minimum atomic E-state index is -0.560. The number of amides is 1. The van der Waals surface area contributed by atoms with Gasteiger partial charge in [0.2, 0.25) is 12.7 Å². The Hall–Kier alpha value is -1.75. The number of fused-ring (bicyclic) bond motifs is 1. The second-order valence-electron chi connectivity index (χ2n) is 4.92. The van der Waals surface area contributed by atoms with E-state index in [0.717, 1.165) is 11.3 Å². The van der Waals surface area contributed by atoms with Gasteiger partial charge in [-0.1, -0.05) is 12.1 Å². The van der Waals surface area contributed by atoms with E-state index in [1.165, 1.54) is 0 Å². The van der Waals surface area contributed by atoms with Gasteiger partial charge in [0.25, 0.3) is 0 Å². The van der Waals surface area contributed by atoms with Crippen LogP contribution in [-0.4, -0.2) is 19.2 Å². The second-order valence-corrected chi connectivity index (χ2v) is 4.92. The molecule has 5 nitrogen and oxygen atoms in total. The lowest BCUT2D eigenvalue weighted by Gasteiger charge is -2.21. The molecule has 0 fully saturated rings. The quantitative estimate of drug-likeness (QED) is 0.836. The Morgan fingerprint density at radius 2 is 2.22 bits per heavy atom. The summed E-state index contributed by atoms with van der Waals surface area (Å²) in [6.45, 7) is 4.59. The summed E-state index contributed by atoms with van der Waals surface area (Å²) in [6, 6.07) is 5.63. The first-order chi connectivity index (χ1) is 8.54. The van der Waals surface area contributed by atoms with Gasteiger partial charge in [-0.2, -0.15) is 0 Å². The minimum absolute atomic E-state index is 0.0680. The largest absolute Gasteiger partial charge is 0.454 e. The highest BCUT2D eigenvalue weighted by Gasteiger charge is 2.26. The van der Waals surface area contributed by atoms with E-state index in [4.69, 9.17) is 15.2 Å². The SMILES string of the molecule is CC(C)(CN)C(=O)NCc1cccc2c1OCO2. The molecule has 98 valence electrons. The van der Waals surface area contributed by atoms with Gasteiger partial charge in [0.15, 0.2) is 11.5 Å². The molecule has 3 N–H and O–H groups in total. The number of rotatable bonds is 4. The van der Waals surface area contributed by atoms with E-state index < -0.39 is 5.41 Å². The van der Waals surface area contributed by atoms with E-state index in [1.54, 1.807) is 0 Å². The topological polar surface area (TPSA) is 73.6 Å². The number of carbonyl (C=O) groups is 1. The Kier molecular flexibility index (Phi) is 3.43. The van der Waals surface area contributed by atoms with E-state index in [1.807, 2.05) is 32.0 Å². The summed E-state index contributed by atoms with van der Waals surface area (Å²) in [4.78, 5) is 11.9. The van der Waals surface area contributed by atoms with Crippen LogP contribution in [0.1, 0.15) is 19.4 Å². The van der Waals surface area contributed by atoms with Gasteiger partial charge in [0, 0.05) is 18.7 Å². The molecule has 0 atom stereocenters. The molecule has 0 unspecified atom stereocenters. The predicted octanol–water partition coefficient (Wildman–Crippen LogP) is 1.02. The number of hydrogen-bond donors (Lipinski definition) is 2. The van der Waals surface area contributed by atoms with Gasteiger partial charge in [-0.3, -0.25) is 4.79 Å². The molecule has 1 aliphatic heterocycles. The Morgan fingerprint density at radius 1 is 1.44 bits per heavy atom. The number of benzene rings is 1. The van der Waals surface area contributed by atoms with Gasteiger partial charge in [-0.05, 0) is 19.9 Å². The lowest BCUT2D eigenvalue weighted by atomic mass is 9.92. The van der Waals surface area contributed by atoms with Crippen LogP contribution in [0.2, 0.25) is 0 Å². The van der Waals surface area contributed by atoms with Gasteiger partial charge in [0.1, 0.15) is 0 Å². The number of ether oxygens (including phenoxy) is 2. The van der Waals surface area contributed by atoms with Crippen molar-refractivity contribution in [1.29, 1.82) is 0 Å². The standard InChI is InChI=1S/C13H18N2O3/c1-13(2,7-14)12(16)15-6-9-4-3-5-10-11(9)18-8-17-10/h3-5H,6-8,14H2,1-2H3,(H,15,16). The molecule has 1 aromatic rings. The molecule has 0 spiro atoms. The second kappa shape index (κ2) is 4.86. The van der Waals surface area contributed by atoms with Crippen LogP contribution in [0.3, 0.4) is 0 Å². The summed E-state index contributed by atoms with van der Waals surface area (Å²) in [7, 11) is 0. The average Bonchev–Trinajstić information content (AvgIpc) is 2.84. The number of nitrogens with one attached hydrogen (secondary N) is 1. The van der Waals surface area contributed by atoms with E-state index >= 15 is 0 Å². The zero-order valence-electron chi connectivity index (χ0n) is 10.7. The molecule has 2 rings (SSSR count). The van der Waals surface area contributed by atoms with Crippen molar-refractivity contribution in [2.24, 2.45) is 11.1 Å². The third-order valence-electron chi connectivity index (χ3n) is 3.04. The zero-order chi connectivity index (χ0) is 13.2. The molecule has 0 bridgehead atoms. The maximum atomic E-state index is 11.9. The molecule has 1 aromatic carbocycles. The van der Waals surface area contributed by atoms with Crippen molar-refractivity contribution < 1.29 is 14.3 Å². The molecule has 0 radical (unpaired) electrons. The van der Waals surface area contributed by atoms with Crippen LogP contribution in [0, 0.1) is 5.41 Å². The van der Waals surface area contributed by atoms with Gasteiger partial charge in [-0.25, -0.2) is 0 Å². The lowest BCUT2D eigenvalue weighted by molar-refractivity contribution is -0.129. The highest BCUT2D eigenvalue weighted by molar-refractivity contribution is 5.82. The molecule has 1 amide bonds. The van der Waals surface area contributed by atoms with E-state index in [0.29, 0.717) is 18.8 Å². The molecular weight excluding hydrogens is 232 g/mol. The molecule has 18 heavy (non-hydrogen) atoms. The van der Waals surface area contributed by atoms with Crippen molar-refractivity contribution in [2.75, 3.05) is 13.3 Å². The fourth-order valence-corrected chi connectivity index (χ4v) is 1.64. The lowest BCUT2D eigenvalue weighted by Crippen LogP contribution is -2.41. The maximum absolute atomic E-state index is 11.9. The van der Waals surface area contributed by atoms with Crippen LogP contribution < -0.4 is 20.5 Å². The monoisotopic (exact) mass is 250 g/mol. The van der Waals surface area contributed by atoms with Gasteiger partial charge in [-0.15, -0.1) is 0 Å². The van der Waals surface area contributed by atoms with Crippen LogP contribution in [0.5, 0.6) is 11.5 Å². The molecule has 1 heterocycles. The third kappa shape index (κ3) is 2.41. The first-order valence-electron chi connectivity index (χ1n) is 5.90. The van der Waals surface area contributed by atoms with Crippen molar-refractivity contribution in [2.45, 2.75) is 20.4 Å². The van der Waals surface area contributed by atoms with Gasteiger partial charge >= 0.3 is 0 Å². The van der Waals surface area contributed by atoms with E-state index in [-0.39, 0.29) is 12.7 Å². The number of carbonyl (C=O) groups excluding carboxylic acids is 1. The average molecular weight is 250 g/mol. The van der Waals surface area contributed by atoms with Crippen molar-refractivity contribution in [3.63, 3.8) is 0 Å². The van der Waals surface area contributed by atoms with Crippen molar-refractivity contribution in [3.05, 3.63) is 23.8 Å². The van der Waals surface area contributed by atoms with Crippen LogP contribution in [0.15, 0.2) is 18.2 Å². The Morgan fingerprint density at radius 3 is 2.94 bits per heavy atom. The van der Waals surface area contributed by atoms with Crippen LogP contribution in [-0.2, 0) is 11.3 Å². The smallest absolute Gasteiger partial charge is 0.231 e. The maximum Gasteiger partial charge on any atom is 0.231 e. The Bertz CT molecular complexity index is 458. The third-order valence-corrected chi connectivity index (χ3v) is 3.04. The summed E-state index contributed by atoms with van der Waals surface area (Å²) in [5, 5.41) is 2.87. The minimum Gasteiger partial charge on any atom is -0.454 e. The summed E-state index contributed by atoms with van der Waals surface area (Å²) in [6.07, 6.45) is 0. The van der Waals surface area contributed by atoms with E-state index in [9.17, 15) is 4.79 Å².